The van der Waals surface area contributed by atoms with Crippen LogP contribution in [0.25, 0.3) is 0 Å². The van der Waals surface area contributed by atoms with Gasteiger partial charge in [-0.25, -0.2) is 4.39 Å². The molecule has 0 radical (unpaired) electrons. The fraction of sp³-hybridized carbons (Fsp3) is 0.625. The first-order chi connectivity index (χ1) is 9.13. The van der Waals surface area contributed by atoms with Crippen molar-refractivity contribution in [1.82, 2.24) is 5.32 Å². The SMILES string of the molecule is CCNC(c1cc(F)ccc1C)C1(OC)CCCC1. The third kappa shape index (κ3) is 2.82. The lowest BCUT2D eigenvalue weighted by Gasteiger charge is -2.38. The Kier molecular flexibility index (Phi) is 4.58. The van der Waals surface area contributed by atoms with Crippen LogP contribution in [0.2, 0.25) is 0 Å². The molecule has 2 rings (SSSR count). The fourth-order valence-electron chi connectivity index (χ4n) is 3.29. The number of rotatable bonds is 5. The summed E-state index contributed by atoms with van der Waals surface area (Å²) in [6, 6.07) is 5.10. The highest BCUT2D eigenvalue weighted by molar-refractivity contribution is 5.32. The first-order valence-electron chi connectivity index (χ1n) is 7.17. The van der Waals surface area contributed by atoms with E-state index in [0.29, 0.717) is 0 Å². The van der Waals surface area contributed by atoms with E-state index in [0.717, 1.165) is 30.5 Å². The summed E-state index contributed by atoms with van der Waals surface area (Å²) in [5.74, 6) is -0.173. The minimum atomic E-state index is -0.186. The second kappa shape index (κ2) is 6.02. The highest BCUT2D eigenvalue weighted by atomic mass is 19.1. The van der Waals surface area contributed by atoms with E-state index in [1.54, 1.807) is 13.2 Å². The van der Waals surface area contributed by atoms with Gasteiger partial charge in [-0.15, -0.1) is 0 Å². The maximum Gasteiger partial charge on any atom is 0.123 e. The van der Waals surface area contributed by atoms with Crippen molar-refractivity contribution in [3.8, 4) is 0 Å². The van der Waals surface area contributed by atoms with Crippen LogP contribution in [-0.4, -0.2) is 19.3 Å². The molecular weight excluding hydrogens is 241 g/mol. The molecule has 0 aliphatic heterocycles. The largest absolute Gasteiger partial charge is 0.376 e. The molecule has 0 saturated heterocycles. The Labute approximate surface area is 115 Å². The van der Waals surface area contributed by atoms with Crippen molar-refractivity contribution in [2.75, 3.05) is 13.7 Å². The van der Waals surface area contributed by atoms with Crippen LogP contribution in [0.15, 0.2) is 18.2 Å². The minimum absolute atomic E-state index is 0.0701. The first kappa shape index (κ1) is 14.5. The highest BCUT2D eigenvalue weighted by Gasteiger charge is 2.42. The predicted molar refractivity (Wildman–Crippen MR) is 75.8 cm³/mol. The second-order valence-corrected chi connectivity index (χ2v) is 5.47. The molecule has 0 aromatic heterocycles. The van der Waals surface area contributed by atoms with Crippen molar-refractivity contribution in [2.24, 2.45) is 0 Å². The van der Waals surface area contributed by atoms with Crippen molar-refractivity contribution in [3.63, 3.8) is 0 Å². The summed E-state index contributed by atoms with van der Waals surface area (Å²) in [7, 11) is 1.78. The summed E-state index contributed by atoms with van der Waals surface area (Å²) in [6.07, 6.45) is 4.45. The van der Waals surface area contributed by atoms with Crippen LogP contribution >= 0.6 is 0 Å². The molecule has 3 heteroatoms. The molecule has 1 aromatic rings. The number of halogens is 1. The van der Waals surface area contributed by atoms with Gasteiger partial charge in [0.25, 0.3) is 0 Å². The number of aryl methyl sites for hydroxylation is 1. The standard InChI is InChI=1S/C16H24FNO/c1-4-18-15(16(19-3)9-5-6-10-16)14-11-13(17)8-7-12(14)2/h7-8,11,15,18H,4-6,9-10H2,1-3H3. The molecule has 2 nitrogen and oxygen atoms in total. The molecular formula is C16H24FNO. The van der Waals surface area contributed by atoms with Crippen LogP contribution in [0.1, 0.15) is 49.8 Å². The third-order valence-electron chi connectivity index (χ3n) is 4.34. The number of benzene rings is 1. The van der Waals surface area contributed by atoms with Gasteiger partial charge in [0, 0.05) is 7.11 Å². The van der Waals surface area contributed by atoms with Crippen LogP contribution in [0, 0.1) is 12.7 Å². The number of ether oxygens (including phenoxy) is 1. The van der Waals surface area contributed by atoms with E-state index in [9.17, 15) is 4.39 Å². The average molecular weight is 265 g/mol. The summed E-state index contributed by atoms with van der Waals surface area (Å²) < 4.78 is 19.5. The quantitative estimate of drug-likeness (QED) is 0.875. The Morgan fingerprint density at radius 1 is 1.37 bits per heavy atom. The zero-order chi connectivity index (χ0) is 13.9. The zero-order valence-electron chi connectivity index (χ0n) is 12.1. The van der Waals surface area contributed by atoms with Crippen molar-refractivity contribution >= 4 is 0 Å². The van der Waals surface area contributed by atoms with E-state index < -0.39 is 0 Å². The van der Waals surface area contributed by atoms with Crippen molar-refractivity contribution < 1.29 is 9.13 Å². The monoisotopic (exact) mass is 265 g/mol. The highest BCUT2D eigenvalue weighted by Crippen LogP contribution is 2.43. The van der Waals surface area contributed by atoms with Crippen molar-refractivity contribution in [3.05, 3.63) is 35.1 Å². The van der Waals surface area contributed by atoms with Gasteiger partial charge in [-0.3, -0.25) is 0 Å². The molecule has 0 amide bonds. The lowest BCUT2D eigenvalue weighted by molar-refractivity contribution is -0.0366. The lowest BCUT2D eigenvalue weighted by atomic mass is 9.84. The van der Waals surface area contributed by atoms with Gasteiger partial charge in [0.15, 0.2) is 0 Å². The van der Waals surface area contributed by atoms with E-state index in [2.05, 4.69) is 12.2 Å². The van der Waals surface area contributed by atoms with Gasteiger partial charge >= 0.3 is 0 Å². The van der Waals surface area contributed by atoms with Crippen molar-refractivity contribution in [1.29, 1.82) is 0 Å². The third-order valence-corrected chi connectivity index (χ3v) is 4.34. The number of methoxy groups -OCH3 is 1. The van der Waals surface area contributed by atoms with Gasteiger partial charge < -0.3 is 10.1 Å². The average Bonchev–Trinajstić information content (AvgIpc) is 2.89. The van der Waals surface area contributed by atoms with Gasteiger partial charge in [0.05, 0.1) is 11.6 Å². The molecule has 1 N–H and O–H groups in total. The molecule has 0 spiro atoms. The van der Waals surface area contributed by atoms with E-state index >= 15 is 0 Å². The topological polar surface area (TPSA) is 21.3 Å². The predicted octanol–water partition coefficient (Wildman–Crippen LogP) is 3.74. The Morgan fingerprint density at radius 3 is 2.63 bits per heavy atom. The molecule has 0 heterocycles. The smallest absolute Gasteiger partial charge is 0.123 e. The zero-order valence-corrected chi connectivity index (χ0v) is 12.1. The Morgan fingerprint density at radius 2 is 2.05 bits per heavy atom. The molecule has 19 heavy (non-hydrogen) atoms. The molecule has 1 saturated carbocycles. The number of nitrogens with one attached hydrogen (secondary N) is 1. The van der Waals surface area contributed by atoms with Gasteiger partial charge in [-0.1, -0.05) is 25.8 Å². The molecule has 1 fully saturated rings. The second-order valence-electron chi connectivity index (χ2n) is 5.47. The van der Waals surface area contributed by atoms with Crippen LogP contribution < -0.4 is 5.32 Å². The molecule has 1 aliphatic carbocycles. The maximum absolute atomic E-state index is 13.6. The summed E-state index contributed by atoms with van der Waals surface area (Å²) in [4.78, 5) is 0. The van der Waals surface area contributed by atoms with Crippen molar-refractivity contribution in [2.45, 2.75) is 51.2 Å². The molecule has 0 bridgehead atoms. The van der Waals surface area contributed by atoms with E-state index in [1.807, 2.05) is 13.0 Å². The van der Waals surface area contributed by atoms with Gasteiger partial charge in [0.1, 0.15) is 5.82 Å². The van der Waals surface area contributed by atoms with Gasteiger partial charge in [-0.05, 0) is 49.6 Å². The Balaban J connectivity index is 2.41. The van der Waals surface area contributed by atoms with Gasteiger partial charge in [-0.2, -0.15) is 0 Å². The van der Waals surface area contributed by atoms with Crippen LogP contribution in [0.5, 0.6) is 0 Å². The lowest BCUT2D eigenvalue weighted by Crippen LogP contribution is -2.44. The van der Waals surface area contributed by atoms with Gasteiger partial charge in [0.2, 0.25) is 0 Å². The number of hydrogen-bond donors (Lipinski definition) is 1. The first-order valence-corrected chi connectivity index (χ1v) is 7.17. The minimum Gasteiger partial charge on any atom is -0.376 e. The van der Waals surface area contributed by atoms with Crippen LogP contribution in [0.4, 0.5) is 4.39 Å². The molecule has 1 aromatic carbocycles. The molecule has 1 unspecified atom stereocenters. The molecule has 1 aliphatic rings. The summed E-state index contributed by atoms with van der Waals surface area (Å²) in [5, 5.41) is 3.51. The van der Waals surface area contributed by atoms with Crippen LogP contribution in [0.3, 0.4) is 0 Å². The maximum atomic E-state index is 13.6. The molecule has 1 atom stereocenters. The number of hydrogen-bond acceptors (Lipinski definition) is 2. The summed E-state index contributed by atoms with van der Waals surface area (Å²) in [5.41, 5.74) is 1.97. The van der Waals surface area contributed by atoms with Crippen LogP contribution in [-0.2, 0) is 4.74 Å². The normalized spacial score (nSPS) is 19.6. The van der Waals surface area contributed by atoms with E-state index in [4.69, 9.17) is 4.74 Å². The van der Waals surface area contributed by atoms with E-state index in [-0.39, 0.29) is 17.5 Å². The Hall–Kier alpha value is -0.930. The number of likely N-dealkylation sites (N-methyl/N-ethyl adjacent to an activating group) is 1. The Bertz CT molecular complexity index is 427. The molecule has 106 valence electrons. The fourth-order valence-corrected chi connectivity index (χ4v) is 3.29. The van der Waals surface area contributed by atoms with E-state index in [1.165, 1.54) is 18.9 Å². The summed E-state index contributed by atoms with van der Waals surface area (Å²) in [6.45, 7) is 4.98. The summed E-state index contributed by atoms with van der Waals surface area (Å²) >= 11 is 0.